The van der Waals surface area contributed by atoms with E-state index in [1.165, 1.54) is 6.92 Å². The molecule has 0 amide bonds. The van der Waals surface area contributed by atoms with Gasteiger partial charge in [0.1, 0.15) is 0 Å². The van der Waals surface area contributed by atoms with Crippen LogP contribution in [-0.2, 0) is 10.0 Å². The number of hydrogen-bond donors (Lipinski definition) is 1. The van der Waals surface area contributed by atoms with E-state index in [0.717, 1.165) is 0 Å². The Labute approximate surface area is 60.9 Å². The molecule has 0 heterocycles. The van der Waals surface area contributed by atoms with Crippen molar-refractivity contribution in [1.82, 2.24) is 4.72 Å². The van der Waals surface area contributed by atoms with E-state index in [9.17, 15) is 8.42 Å². The van der Waals surface area contributed by atoms with E-state index < -0.39 is 15.3 Å². The minimum atomic E-state index is -3.37. The fourth-order valence-electron chi connectivity index (χ4n) is 0.396. The van der Waals surface area contributed by atoms with Crippen LogP contribution in [0.25, 0.3) is 0 Å². The van der Waals surface area contributed by atoms with Gasteiger partial charge < -0.3 is 0 Å². The second-order valence-electron chi connectivity index (χ2n) is 1.81. The highest BCUT2D eigenvalue weighted by atomic mass is 32.2. The van der Waals surface area contributed by atoms with Crippen molar-refractivity contribution in [2.75, 3.05) is 6.54 Å². The second-order valence-corrected chi connectivity index (χ2v) is 3.90. The SMILES string of the molecule is CCNS(=O)(=O)C(C)C#N. The quantitative estimate of drug-likeness (QED) is 0.626. The van der Waals surface area contributed by atoms with Crippen LogP contribution in [0.5, 0.6) is 0 Å². The maximum Gasteiger partial charge on any atom is 0.227 e. The smallest absolute Gasteiger partial charge is 0.214 e. The predicted molar refractivity (Wildman–Crippen MR) is 37.7 cm³/mol. The lowest BCUT2D eigenvalue weighted by atomic mass is 10.5. The van der Waals surface area contributed by atoms with Crippen molar-refractivity contribution >= 4 is 10.0 Å². The van der Waals surface area contributed by atoms with Crippen molar-refractivity contribution in [1.29, 1.82) is 5.26 Å². The van der Waals surface area contributed by atoms with Gasteiger partial charge in [0.15, 0.2) is 5.25 Å². The summed E-state index contributed by atoms with van der Waals surface area (Å²) in [7, 11) is -3.37. The number of rotatable bonds is 3. The molecule has 1 atom stereocenters. The first kappa shape index (κ1) is 9.40. The molecule has 0 saturated heterocycles. The fraction of sp³-hybridized carbons (Fsp3) is 0.800. The van der Waals surface area contributed by atoms with Crippen LogP contribution in [-0.4, -0.2) is 20.2 Å². The van der Waals surface area contributed by atoms with E-state index in [0.29, 0.717) is 6.54 Å². The number of nitrogens with one attached hydrogen (secondary N) is 1. The van der Waals surface area contributed by atoms with Crippen molar-refractivity contribution in [3.8, 4) is 6.07 Å². The van der Waals surface area contributed by atoms with Crippen molar-refractivity contribution < 1.29 is 8.42 Å². The molecule has 0 aromatic carbocycles. The number of nitrogens with zero attached hydrogens (tertiary/aromatic N) is 1. The Morgan fingerprint density at radius 2 is 2.20 bits per heavy atom. The van der Waals surface area contributed by atoms with Crippen LogP contribution in [0.4, 0.5) is 0 Å². The fourth-order valence-corrected chi connectivity index (χ4v) is 1.19. The molecule has 4 nitrogen and oxygen atoms in total. The van der Waals surface area contributed by atoms with Gasteiger partial charge in [-0.15, -0.1) is 0 Å². The third kappa shape index (κ3) is 2.33. The summed E-state index contributed by atoms with van der Waals surface area (Å²) >= 11 is 0. The Kier molecular flexibility index (Phi) is 3.33. The molecule has 0 radical (unpaired) electrons. The molecule has 0 bridgehead atoms. The molecular formula is C5H10N2O2S. The second kappa shape index (κ2) is 3.54. The maximum absolute atomic E-state index is 10.8. The third-order valence-electron chi connectivity index (χ3n) is 0.993. The summed E-state index contributed by atoms with van der Waals surface area (Å²) in [5.74, 6) is 0. The van der Waals surface area contributed by atoms with Crippen molar-refractivity contribution in [2.45, 2.75) is 19.1 Å². The van der Waals surface area contributed by atoms with Crippen LogP contribution in [0, 0.1) is 11.3 Å². The van der Waals surface area contributed by atoms with Gasteiger partial charge >= 0.3 is 0 Å². The molecule has 5 heteroatoms. The van der Waals surface area contributed by atoms with Gasteiger partial charge in [0, 0.05) is 6.54 Å². The van der Waals surface area contributed by atoms with E-state index >= 15 is 0 Å². The summed E-state index contributed by atoms with van der Waals surface area (Å²) < 4.78 is 23.9. The Balaban J connectivity index is 4.30. The van der Waals surface area contributed by atoms with Crippen LogP contribution >= 0.6 is 0 Å². The monoisotopic (exact) mass is 162 g/mol. The summed E-state index contributed by atoms with van der Waals surface area (Å²) in [6.07, 6.45) is 0. The molecule has 0 aliphatic carbocycles. The first-order valence-electron chi connectivity index (χ1n) is 2.92. The van der Waals surface area contributed by atoms with Gasteiger partial charge in [0.05, 0.1) is 6.07 Å². The van der Waals surface area contributed by atoms with Gasteiger partial charge in [0.25, 0.3) is 0 Å². The Bertz CT molecular complexity index is 227. The lowest BCUT2D eigenvalue weighted by Gasteiger charge is -2.03. The van der Waals surface area contributed by atoms with Crippen molar-refractivity contribution in [3.05, 3.63) is 0 Å². The van der Waals surface area contributed by atoms with E-state index in [2.05, 4.69) is 4.72 Å². The molecule has 0 saturated carbocycles. The highest BCUT2D eigenvalue weighted by molar-refractivity contribution is 7.90. The zero-order chi connectivity index (χ0) is 8.20. The zero-order valence-electron chi connectivity index (χ0n) is 5.96. The molecule has 0 rings (SSSR count). The van der Waals surface area contributed by atoms with Crippen molar-refractivity contribution in [2.24, 2.45) is 0 Å². The maximum atomic E-state index is 10.8. The lowest BCUT2D eigenvalue weighted by molar-refractivity contribution is 0.579. The number of nitriles is 1. The molecule has 0 aromatic rings. The van der Waals surface area contributed by atoms with Crippen molar-refractivity contribution in [3.63, 3.8) is 0 Å². The van der Waals surface area contributed by atoms with E-state index in [1.807, 2.05) is 0 Å². The Morgan fingerprint density at radius 1 is 1.70 bits per heavy atom. The van der Waals surface area contributed by atoms with E-state index in [4.69, 9.17) is 5.26 Å². The molecule has 0 spiro atoms. The third-order valence-corrected chi connectivity index (χ3v) is 2.72. The minimum Gasteiger partial charge on any atom is -0.214 e. The standard InChI is InChI=1S/C5H10N2O2S/c1-3-7-10(8,9)5(2)4-6/h5,7H,3H2,1-2H3. The van der Waals surface area contributed by atoms with E-state index in [1.54, 1.807) is 13.0 Å². The van der Waals surface area contributed by atoms with Gasteiger partial charge in [-0.05, 0) is 6.92 Å². The Morgan fingerprint density at radius 3 is 2.50 bits per heavy atom. The minimum absolute atomic E-state index is 0.328. The molecular weight excluding hydrogens is 152 g/mol. The molecule has 58 valence electrons. The predicted octanol–water partition coefficient (Wildman–Crippen LogP) is -0.162. The molecule has 0 fully saturated rings. The largest absolute Gasteiger partial charge is 0.227 e. The Hall–Kier alpha value is -0.600. The summed E-state index contributed by atoms with van der Waals surface area (Å²) in [5, 5.41) is 7.26. The molecule has 0 aromatic heterocycles. The average molecular weight is 162 g/mol. The number of hydrogen-bond acceptors (Lipinski definition) is 3. The van der Waals surface area contributed by atoms with E-state index in [-0.39, 0.29) is 0 Å². The van der Waals surface area contributed by atoms with Gasteiger partial charge in [-0.25, -0.2) is 13.1 Å². The van der Waals surface area contributed by atoms with Crippen LogP contribution in [0.2, 0.25) is 0 Å². The first-order valence-corrected chi connectivity index (χ1v) is 4.47. The lowest BCUT2D eigenvalue weighted by Crippen LogP contribution is -2.31. The summed E-state index contributed by atoms with van der Waals surface area (Å²) in [6, 6.07) is 1.64. The van der Waals surface area contributed by atoms with Crippen LogP contribution in [0.3, 0.4) is 0 Å². The average Bonchev–Trinajstić information content (AvgIpc) is 1.86. The van der Waals surface area contributed by atoms with Gasteiger partial charge in [-0.2, -0.15) is 5.26 Å². The van der Waals surface area contributed by atoms with Crippen LogP contribution in [0.1, 0.15) is 13.8 Å². The zero-order valence-corrected chi connectivity index (χ0v) is 6.77. The number of sulfonamides is 1. The summed E-state index contributed by atoms with van der Waals surface area (Å²) in [6.45, 7) is 3.34. The normalized spacial score (nSPS) is 14.1. The summed E-state index contributed by atoms with van der Waals surface area (Å²) in [5.41, 5.74) is 0. The summed E-state index contributed by atoms with van der Waals surface area (Å²) in [4.78, 5) is 0. The van der Waals surface area contributed by atoms with Gasteiger partial charge in [-0.1, -0.05) is 6.92 Å². The molecule has 1 N–H and O–H groups in total. The molecule has 10 heavy (non-hydrogen) atoms. The highest BCUT2D eigenvalue weighted by Gasteiger charge is 2.17. The molecule has 0 aliphatic rings. The highest BCUT2D eigenvalue weighted by Crippen LogP contribution is 1.94. The molecule has 0 aliphatic heterocycles. The van der Waals surface area contributed by atoms with Gasteiger partial charge in [-0.3, -0.25) is 0 Å². The van der Waals surface area contributed by atoms with Crippen LogP contribution in [0.15, 0.2) is 0 Å². The van der Waals surface area contributed by atoms with Crippen LogP contribution < -0.4 is 4.72 Å². The molecule has 1 unspecified atom stereocenters. The van der Waals surface area contributed by atoms with Gasteiger partial charge in [0.2, 0.25) is 10.0 Å². The first-order chi connectivity index (χ1) is 4.54. The topological polar surface area (TPSA) is 70.0 Å².